The number of morpholine rings is 1. The van der Waals surface area contributed by atoms with Gasteiger partial charge in [0.25, 0.3) is 5.91 Å². The number of hydrogen-bond donors (Lipinski definition) is 1. The number of aromatic nitrogens is 2. The zero-order chi connectivity index (χ0) is 17.6. The molecule has 1 aromatic carbocycles. The summed E-state index contributed by atoms with van der Waals surface area (Å²) in [5.41, 5.74) is 1.60. The molecule has 1 fully saturated rings. The molecule has 0 spiro atoms. The largest absolute Gasteiger partial charge is 0.365 e. The Morgan fingerprint density at radius 1 is 1.32 bits per heavy atom. The highest BCUT2D eigenvalue weighted by Gasteiger charge is 2.27. The fourth-order valence-corrected chi connectivity index (χ4v) is 2.84. The molecule has 1 unspecified atom stereocenters. The zero-order valence-electron chi connectivity index (χ0n) is 14.2. The van der Waals surface area contributed by atoms with Crippen molar-refractivity contribution in [3.05, 3.63) is 53.9 Å². The molecule has 3 rings (SSSR count). The van der Waals surface area contributed by atoms with Gasteiger partial charge in [-0.2, -0.15) is 5.10 Å². The molecular weight excluding hydrogens is 320 g/mol. The second-order valence-electron chi connectivity index (χ2n) is 5.94. The lowest BCUT2D eigenvalue weighted by Crippen LogP contribution is -2.50. The summed E-state index contributed by atoms with van der Waals surface area (Å²) < 4.78 is 7.20. The van der Waals surface area contributed by atoms with Crippen LogP contribution in [0.3, 0.4) is 0 Å². The molecule has 1 atom stereocenters. The van der Waals surface area contributed by atoms with Crippen LogP contribution in [0.25, 0.3) is 0 Å². The van der Waals surface area contributed by atoms with E-state index in [2.05, 4.69) is 10.4 Å². The van der Waals surface area contributed by atoms with Crippen LogP contribution in [0.2, 0.25) is 0 Å². The Morgan fingerprint density at radius 3 is 2.88 bits per heavy atom. The maximum absolute atomic E-state index is 12.3. The van der Waals surface area contributed by atoms with Gasteiger partial charge in [-0.1, -0.05) is 30.3 Å². The maximum atomic E-state index is 12.3. The summed E-state index contributed by atoms with van der Waals surface area (Å²) in [5.74, 6) is -0.218. The lowest BCUT2D eigenvalue weighted by molar-refractivity contribution is -0.149. The first-order valence-electron chi connectivity index (χ1n) is 8.40. The standard InChI is InChI=1S/C18H22N4O3/c1-2-22-16(8-9-20-22)18(24)19-10-15-12-21(17(23)13-25-15)11-14-6-4-3-5-7-14/h3-9,15H,2,10-13H2,1H3,(H,19,24). The minimum atomic E-state index is -0.219. The molecule has 2 heterocycles. The van der Waals surface area contributed by atoms with Gasteiger partial charge in [0, 0.05) is 32.4 Å². The highest BCUT2D eigenvalue weighted by atomic mass is 16.5. The highest BCUT2D eigenvalue weighted by Crippen LogP contribution is 2.11. The summed E-state index contributed by atoms with van der Waals surface area (Å²) in [4.78, 5) is 26.1. The Balaban J connectivity index is 1.54. The molecule has 25 heavy (non-hydrogen) atoms. The van der Waals surface area contributed by atoms with Crippen LogP contribution >= 0.6 is 0 Å². The Bertz CT molecular complexity index is 729. The van der Waals surface area contributed by atoms with Gasteiger partial charge in [-0.05, 0) is 18.6 Å². The van der Waals surface area contributed by atoms with E-state index in [0.29, 0.717) is 31.9 Å². The van der Waals surface area contributed by atoms with Gasteiger partial charge < -0.3 is 15.0 Å². The molecule has 0 radical (unpaired) electrons. The van der Waals surface area contributed by atoms with Crippen molar-refractivity contribution in [2.75, 3.05) is 19.7 Å². The minimum absolute atomic E-state index is 0.0320. The fourth-order valence-electron chi connectivity index (χ4n) is 2.84. The summed E-state index contributed by atoms with van der Waals surface area (Å²) in [6, 6.07) is 11.5. The summed E-state index contributed by atoms with van der Waals surface area (Å²) in [7, 11) is 0. The molecule has 0 bridgehead atoms. The number of hydrogen-bond acceptors (Lipinski definition) is 4. The average Bonchev–Trinajstić information content (AvgIpc) is 3.12. The zero-order valence-corrected chi connectivity index (χ0v) is 14.2. The third-order valence-electron chi connectivity index (χ3n) is 4.17. The monoisotopic (exact) mass is 342 g/mol. The molecule has 0 saturated carbocycles. The predicted octanol–water partition coefficient (Wildman–Crippen LogP) is 1.06. The van der Waals surface area contributed by atoms with E-state index in [4.69, 9.17) is 4.74 Å². The second kappa shape index (κ2) is 7.94. The van der Waals surface area contributed by atoms with Gasteiger partial charge in [-0.15, -0.1) is 0 Å². The van der Waals surface area contributed by atoms with Crippen LogP contribution in [0, 0.1) is 0 Å². The number of carbonyl (C=O) groups excluding carboxylic acids is 2. The Labute approximate surface area is 146 Å². The molecule has 1 saturated heterocycles. The molecular formula is C18H22N4O3. The molecule has 2 aromatic rings. The summed E-state index contributed by atoms with van der Waals surface area (Å²) in [6.45, 7) is 3.97. The van der Waals surface area contributed by atoms with Crippen molar-refractivity contribution in [3.63, 3.8) is 0 Å². The van der Waals surface area contributed by atoms with E-state index in [-0.39, 0.29) is 24.5 Å². The van der Waals surface area contributed by atoms with E-state index < -0.39 is 0 Å². The van der Waals surface area contributed by atoms with Gasteiger partial charge in [-0.3, -0.25) is 14.3 Å². The van der Waals surface area contributed by atoms with Crippen LogP contribution < -0.4 is 5.32 Å². The van der Waals surface area contributed by atoms with Crippen molar-refractivity contribution in [2.45, 2.75) is 26.1 Å². The number of aryl methyl sites for hydroxylation is 1. The van der Waals surface area contributed by atoms with Gasteiger partial charge >= 0.3 is 0 Å². The second-order valence-corrected chi connectivity index (χ2v) is 5.94. The summed E-state index contributed by atoms with van der Waals surface area (Å²) in [5, 5.41) is 6.96. The smallest absolute Gasteiger partial charge is 0.269 e. The number of carbonyl (C=O) groups is 2. The molecule has 7 heteroatoms. The van der Waals surface area contributed by atoms with E-state index in [1.807, 2.05) is 37.3 Å². The van der Waals surface area contributed by atoms with E-state index in [1.54, 1.807) is 21.8 Å². The summed E-state index contributed by atoms with van der Waals surface area (Å²) in [6.07, 6.45) is 1.39. The SMILES string of the molecule is CCn1nccc1C(=O)NCC1CN(Cc2ccccc2)C(=O)CO1. The molecule has 1 aliphatic rings. The van der Waals surface area contributed by atoms with Gasteiger partial charge in [0.2, 0.25) is 5.91 Å². The van der Waals surface area contributed by atoms with Crippen molar-refractivity contribution < 1.29 is 14.3 Å². The molecule has 7 nitrogen and oxygen atoms in total. The normalized spacial score (nSPS) is 17.6. The van der Waals surface area contributed by atoms with Gasteiger partial charge in [0.05, 0.1) is 6.10 Å². The van der Waals surface area contributed by atoms with Crippen molar-refractivity contribution in [1.82, 2.24) is 20.0 Å². The first-order chi connectivity index (χ1) is 12.2. The van der Waals surface area contributed by atoms with E-state index in [0.717, 1.165) is 5.56 Å². The van der Waals surface area contributed by atoms with Crippen LogP contribution in [0.15, 0.2) is 42.6 Å². The molecule has 1 aliphatic heterocycles. The number of rotatable bonds is 6. The molecule has 1 aromatic heterocycles. The number of nitrogens with one attached hydrogen (secondary N) is 1. The van der Waals surface area contributed by atoms with Crippen molar-refractivity contribution in [3.8, 4) is 0 Å². The Morgan fingerprint density at radius 2 is 2.12 bits per heavy atom. The summed E-state index contributed by atoms with van der Waals surface area (Å²) >= 11 is 0. The lowest BCUT2D eigenvalue weighted by Gasteiger charge is -2.33. The van der Waals surface area contributed by atoms with Crippen molar-refractivity contribution >= 4 is 11.8 Å². The lowest BCUT2D eigenvalue weighted by atomic mass is 10.2. The van der Waals surface area contributed by atoms with Gasteiger partial charge in [0.15, 0.2) is 0 Å². The number of ether oxygens (including phenoxy) is 1. The minimum Gasteiger partial charge on any atom is -0.365 e. The van der Waals surface area contributed by atoms with E-state index >= 15 is 0 Å². The Hall–Kier alpha value is -2.67. The third kappa shape index (κ3) is 4.24. The molecule has 1 N–H and O–H groups in total. The predicted molar refractivity (Wildman–Crippen MR) is 91.8 cm³/mol. The topological polar surface area (TPSA) is 76.5 Å². The third-order valence-corrected chi connectivity index (χ3v) is 4.17. The molecule has 132 valence electrons. The average molecular weight is 342 g/mol. The number of amides is 2. The van der Waals surface area contributed by atoms with Crippen LogP contribution in [-0.2, 0) is 22.6 Å². The van der Waals surface area contributed by atoms with Crippen LogP contribution in [-0.4, -0.2) is 52.3 Å². The van der Waals surface area contributed by atoms with Crippen LogP contribution in [0.1, 0.15) is 23.0 Å². The first-order valence-corrected chi connectivity index (χ1v) is 8.40. The van der Waals surface area contributed by atoms with Crippen LogP contribution in [0.4, 0.5) is 0 Å². The molecule has 2 amide bonds. The first kappa shape index (κ1) is 17.2. The van der Waals surface area contributed by atoms with Crippen LogP contribution in [0.5, 0.6) is 0 Å². The van der Waals surface area contributed by atoms with Crippen molar-refractivity contribution in [2.24, 2.45) is 0 Å². The van der Waals surface area contributed by atoms with E-state index in [1.165, 1.54) is 0 Å². The van der Waals surface area contributed by atoms with E-state index in [9.17, 15) is 9.59 Å². The fraction of sp³-hybridized carbons (Fsp3) is 0.389. The van der Waals surface area contributed by atoms with Gasteiger partial charge in [-0.25, -0.2) is 0 Å². The Kier molecular flexibility index (Phi) is 5.45. The maximum Gasteiger partial charge on any atom is 0.269 e. The molecule has 0 aliphatic carbocycles. The number of benzene rings is 1. The van der Waals surface area contributed by atoms with Gasteiger partial charge in [0.1, 0.15) is 12.3 Å². The number of nitrogens with zero attached hydrogens (tertiary/aromatic N) is 3. The quantitative estimate of drug-likeness (QED) is 0.852. The highest BCUT2D eigenvalue weighted by molar-refractivity contribution is 5.92. The van der Waals surface area contributed by atoms with Crippen molar-refractivity contribution in [1.29, 1.82) is 0 Å².